The van der Waals surface area contributed by atoms with Gasteiger partial charge < -0.3 is 23.4 Å². The highest BCUT2D eigenvalue weighted by Gasteiger charge is 2.31. The van der Waals surface area contributed by atoms with E-state index in [4.69, 9.17) is 23.4 Å². The predicted octanol–water partition coefficient (Wildman–Crippen LogP) is 1.62. The summed E-state index contributed by atoms with van der Waals surface area (Å²) in [7, 11) is -4.42. The van der Waals surface area contributed by atoms with Crippen LogP contribution in [0.4, 0.5) is 0 Å². The third-order valence-corrected chi connectivity index (χ3v) is 7.96. The Kier molecular flexibility index (Phi) is 14.7. The van der Waals surface area contributed by atoms with Gasteiger partial charge >= 0.3 is 18.6 Å². The third-order valence-electron chi connectivity index (χ3n) is 2.75. The molecule has 2 N–H and O–H groups in total. The predicted molar refractivity (Wildman–Crippen MR) is 96.5 cm³/mol. The zero-order chi connectivity index (χ0) is 17.5. The van der Waals surface area contributed by atoms with Gasteiger partial charge in [0.25, 0.3) is 0 Å². The number of hydrogen-bond donors (Lipinski definition) is 1. The Balaban J connectivity index is 5.28. The summed E-state index contributed by atoms with van der Waals surface area (Å²) >= 11 is 0. The maximum atomic E-state index is 11.5. The molecule has 0 saturated heterocycles. The van der Waals surface area contributed by atoms with Crippen molar-refractivity contribution in [2.24, 2.45) is 5.73 Å². The maximum absolute atomic E-state index is 11.5. The molecule has 0 rings (SSSR count). The normalized spacial score (nSPS) is 11.2. The fraction of sp³-hybridized carbons (Fsp3) is 0.800. The van der Waals surface area contributed by atoms with Crippen molar-refractivity contribution in [3.63, 3.8) is 0 Å². The maximum Gasteiger partial charge on any atom is 0.352 e. The summed E-state index contributed by atoms with van der Waals surface area (Å²) in [4.78, 5) is 12.2. The van der Waals surface area contributed by atoms with Crippen LogP contribution in [0.25, 0.3) is 0 Å². The van der Waals surface area contributed by atoms with E-state index in [2.05, 4.69) is 0 Å². The van der Waals surface area contributed by atoms with E-state index < -0.39 is 24.5 Å². The van der Waals surface area contributed by atoms with Crippen LogP contribution >= 0.6 is 0 Å². The molecule has 0 spiro atoms. The number of carbonyl (C=O) groups excluding carboxylic acids is 1. The summed E-state index contributed by atoms with van der Waals surface area (Å²) in [5, 5.41) is 0. The number of hydrogen-bond acceptors (Lipinski definition) is 5. The van der Waals surface area contributed by atoms with Crippen molar-refractivity contribution >= 4 is 24.5 Å². The van der Waals surface area contributed by atoms with E-state index >= 15 is 0 Å². The summed E-state index contributed by atoms with van der Waals surface area (Å²) in [6, 6.07) is 0. The number of nitrogens with two attached hydrogens (primary N) is 1. The summed E-state index contributed by atoms with van der Waals surface area (Å²) in [6.07, 6.45) is 4.98. The third kappa shape index (κ3) is 10.8. The van der Waals surface area contributed by atoms with Gasteiger partial charge in [0.15, 0.2) is 0 Å². The van der Waals surface area contributed by atoms with Gasteiger partial charge in [-0.05, 0) is 25.7 Å². The second-order valence-electron chi connectivity index (χ2n) is 5.19. The molecule has 0 fully saturated rings. The van der Waals surface area contributed by atoms with Crippen LogP contribution in [0.3, 0.4) is 0 Å². The number of amides is 1. The standard InChI is InChI=1S/C15H33NO5Si2/c1-5-9-18-22(19-10-6-2)15(13-14(16)17)23(20-11-7-3)21-12-8-4/h13,22-23H,5-12H2,1-4H3,(H2,16,17). The van der Waals surface area contributed by atoms with Crippen LogP contribution < -0.4 is 5.73 Å². The van der Waals surface area contributed by atoms with Gasteiger partial charge in [-0.25, -0.2) is 0 Å². The van der Waals surface area contributed by atoms with Gasteiger partial charge in [0, 0.05) is 37.3 Å². The quantitative estimate of drug-likeness (QED) is 0.353. The van der Waals surface area contributed by atoms with Crippen LogP contribution in [0.15, 0.2) is 10.9 Å². The molecular formula is C15H33NO5Si2. The van der Waals surface area contributed by atoms with Gasteiger partial charge in [-0.3, -0.25) is 4.79 Å². The van der Waals surface area contributed by atoms with E-state index in [1.807, 2.05) is 27.7 Å². The highest BCUT2D eigenvalue weighted by Crippen LogP contribution is 2.13. The molecule has 0 saturated carbocycles. The van der Waals surface area contributed by atoms with Gasteiger partial charge in [-0.15, -0.1) is 0 Å². The van der Waals surface area contributed by atoms with E-state index in [0.29, 0.717) is 26.4 Å². The molecule has 0 radical (unpaired) electrons. The lowest BCUT2D eigenvalue weighted by Gasteiger charge is -2.24. The molecule has 0 aromatic carbocycles. The Morgan fingerprint density at radius 2 is 1.09 bits per heavy atom. The van der Waals surface area contributed by atoms with Crippen molar-refractivity contribution in [1.29, 1.82) is 0 Å². The fourth-order valence-electron chi connectivity index (χ4n) is 1.79. The molecule has 0 aromatic heterocycles. The van der Waals surface area contributed by atoms with Crippen LogP contribution in [0, 0.1) is 0 Å². The van der Waals surface area contributed by atoms with E-state index in [-0.39, 0.29) is 0 Å². The van der Waals surface area contributed by atoms with Crippen LogP contribution in [0.2, 0.25) is 0 Å². The van der Waals surface area contributed by atoms with Crippen LogP contribution in [0.1, 0.15) is 53.4 Å². The molecule has 23 heavy (non-hydrogen) atoms. The van der Waals surface area contributed by atoms with Crippen LogP contribution in [-0.2, 0) is 22.5 Å². The molecule has 136 valence electrons. The second-order valence-corrected chi connectivity index (χ2v) is 9.85. The Bertz CT molecular complexity index is 304. The lowest BCUT2D eigenvalue weighted by molar-refractivity contribution is -0.113. The smallest absolute Gasteiger partial charge is 0.352 e. The summed E-state index contributed by atoms with van der Waals surface area (Å²) in [5.41, 5.74) is 5.39. The zero-order valence-electron chi connectivity index (χ0n) is 15.0. The van der Waals surface area contributed by atoms with Gasteiger partial charge in [0.1, 0.15) is 0 Å². The van der Waals surface area contributed by atoms with Crippen LogP contribution in [0.5, 0.6) is 0 Å². The lowest BCUT2D eigenvalue weighted by atomic mass is 10.5. The van der Waals surface area contributed by atoms with Gasteiger partial charge in [-0.1, -0.05) is 27.7 Å². The molecule has 0 aliphatic rings. The Hall–Kier alpha value is -0.516. The summed E-state index contributed by atoms with van der Waals surface area (Å²) in [5.74, 6) is -0.504. The van der Waals surface area contributed by atoms with Gasteiger partial charge in [0.05, 0.1) is 0 Å². The molecule has 0 aromatic rings. The highest BCUT2D eigenvalue weighted by molar-refractivity contribution is 6.78. The average molecular weight is 364 g/mol. The zero-order valence-corrected chi connectivity index (χ0v) is 17.3. The van der Waals surface area contributed by atoms with E-state index in [1.54, 1.807) is 0 Å². The van der Waals surface area contributed by atoms with Crippen molar-refractivity contribution < 1.29 is 22.5 Å². The Morgan fingerprint density at radius 3 is 1.30 bits per heavy atom. The number of carbonyl (C=O) groups is 1. The molecule has 0 heterocycles. The monoisotopic (exact) mass is 363 g/mol. The Morgan fingerprint density at radius 1 is 0.783 bits per heavy atom. The molecule has 0 aliphatic heterocycles. The minimum Gasteiger partial charge on any atom is -0.394 e. The van der Waals surface area contributed by atoms with E-state index in [0.717, 1.165) is 30.5 Å². The van der Waals surface area contributed by atoms with Crippen LogP contribution in [-0.4, -0.2) is 50.9 Å². The minimum absolute atomic E-state index is 0.504. The summed E-state index contributed by atoms with van der Waals surface area (Å²) < 4.78 is 23.7. The molecule has 0 bridgehead atoms. The van der Waals surface area contributed by atoms with Crippen molar-refractivity contribution in [2.45, 2.75) is 53.4 Å². The van der Waals surface area contributed by atoms with Crippen molar-refractivity contribution in [2.75, 3.05) is 26.4 Å². The molecule has 6 nitrogen and oxygen atoms in total. The SMILES string of the molecule is CCCO[SiH](OCCC)C(=CC(N)=O)[SiH](OCCC)OCCC. The van der Waals surface area contributed by atoms with E-state index in [9.17, 15) is 4.79 Å². The molecule has 0 aliphatic carbocycles. The molecular weight excluding hydrogens is 330 g/mol. The number of primary amides is 1. The van der Waals surface area contributed by atoms with Gasteiger partial charge in [-0.2, -0.15) is 0 Å². The molecule has 0 atom stereocenters. The Labute approximate surface area is 144 Å². The highest BCUT2D eigenvalue weighted by atomic mass is 28.4. The first kappa shape index (κ1) is 22.5. The lowest BCUT2D eigenvalue weighted by Crippen LogP contribution is -2.40. The van der Waals surface area contributed by atoms with Crippen molar-refractivity contribution in [3.05, 3.63) is 10.9 Å². The largest absolute Gasteiger partial charge is 0.394 e. The fourth-order valence-corrected chi connectivity index (χ4v) is 7.20. The average Bonchev–Trinajstić information content (AvgIpc) is 2.53. The topological polar surface area (TPSA) is 80.0 Å². The van der Waals surface area contributed by atoms with Crippen molar-refractivity contribution in [3.8, 4) is 0 Å². The first-order valence-corrected chi connectivity index (χ1v) is 11.6. The van der Waals surface area contributed by atoms with Gasteiger partial charge in [0.2, 0.25) is 5.91 Å². The molecule has 1 amide bonds. The van der Waals surface area contributed by atoms with Crippen molar-refractivity contribution in [1.82, 2.24) is 0 Å². The summed E-state index contributed by atoms with van der Waals surface area (Å²) in [6.45, 7) is 10.5. The number of rotatable bonds is 15. The molecule has 8 heteroatoms. The molecule has 0 unspecified atom stereocenters. The first-order chi connectivity index (χ1) is 11.1. The first-order valence-electron chi connectivity index (χ1n) is 8.57. The van der Waals surface area contributed by atoms with E-state index in [1.165, 1.54) is 6.08 Å². The second kappa shape index (κ2) is 15.0. The minimum atomic E-state index is -2.21.